The van der Waals surface area contributed by atoms with Crippen LogP contribution in [0.2, 0.25) is 0 Å². The van der Waals surface area contributed by atoms with Crippen molar-refractivity contribution in [2.24, 2.45) is 10.9 Å². The first-order valence-electron chi connectivity index (χ1n) is 7.01. The van der Waals surface area contributed by atoms with Crippen molar-refractivity contribution in [1.82, 2.24) is 10.6 Å². The maximum atomic E-state index is 11.8. The molecule has 0 bridgehead atoms. The molecular weight excluding hydrogens is 398 g/mol. The molecule has 0 spiro atoms. The molecule has 0 heterocycles. The first kappa shape index (κ1) is 23.0. The summed E-state index contributed by atoms with van der Waals surface area (Å²) in [5.41, 5.74) is 0. The highest BCUT2D eigenvalue weighted by Gasteiger charge is 2.27. The summed E-state index contributed by atoms with van der Waals surface area (Å²) < 4.78 is 40.0. The number of hydrogen-bond donors (Lipinski definition) is 2. The van der Waals surface area contributed by atoms with Gasteiger partial charge in [0.1, 0.15) is 6.61 Å². The molecule has 0 radical (unpaired) electrons. The standard InChI is InChI=1S/C13H26F3N3O.HI/c1-4-17-12(19-8-6-11(2)3)18-7-5-9-20-10-13(14,15)16;/h11H,4-10H2,1-3H3,(H2,17,18,19);1H. The lowest BCUT2D eigenvalue weighted by Crippen LogP contribution is -2.38. The van der Waals surface area contributed by atoms with Gasteiger partial charge in [0.15, 0.2) is 5.96 Å². The van der Waals surface area contributed by atoms with Gasteiger partial charge in [-0.05, 0) is 25.7 Å². The van der Waals surface area contributed by atoms with Crippen LogP contribution >= 0.6 is 24.0 Å². The molecule has 4 nitrogen and oxygen atoms in total. The Morgan fingerprint density at radius 2 is 1.90 bits per heavy atom. The molecule has 128 valence electrons. The summed E-state index contributed by atoms with van der Waals surface area (Å²) >= 11 is 0. The number of guanidine groups is 1. The molecule has 0 saturated heterocycles. The molecular formula is C13H27F3IN3O. The molecule has 0 aliphatic heterocycles. The zero-order valence-electron chi connectivity index (χ0n) is 12.9. The highest BCUT2D eigenvalue weighted by atomic mass is 127. The minimum Gasteiger partial charge on any atom is -0.372 e. The van der Waals surface area contributed by atoms with Crippen molar-refractivity contribution in [2.75, 3.05) is 32.8 Å². The van der Waals surface area contributed by atoms with Gasteiger partial charge < -0.3 is 15.4 Å². The Morgan fingerprint density at radius 3 is 2.43 bits per heavy atom. The minimum atomic E-state index is -4.25. The number of rotatable bonds is 9. The third-order valence-electron chi connectivity index (χ3n) is 2.34. The van der Waals surface area contributed by atoms with Crippen LogP contribution in [-0.4, -0.2) is 45.0 Å². The zero-order valence-corrected chi connectivity index (χ0v) is 15.3. The number of alkyl halides is 3. The smallest absolute Gasteiger partial charge is 0.372 e. The van der Waals surface area contributed by atoms with Gasteiger partial charge in [0.2, 0.25) is 0 Å². The molecule has 0 saturated carbocycles. The van der Waals surface area contributed by atoms with Crippen LogP contribution in [0.1, 0.15) is 33.6 Å². The van der Waals surface area contributed by atoms with Gasteiger partial charge in [-0.2, -0.15) is 13.2 Å². The quantitative estimate of drug-likeness (QED) is 0.258. The SMILES string of the molecule is CCNC(=NCCCOCC(F)(F)F)NCCC(C)C.I. The average molecular weight is 425 g/mol. The first-order chi connectivity index (χ1) is 9.35. The molecule has 0 aromatic rings. The Hall–Kier alpha value is -0.250. The highest BCUT2D eigenvalue weighted by Crippen LogP contribution is 2.14. The van der Waals surface area contributed by atoms with Gasteiger partial charge >= 0.3 is 6.18 Å². The van der Waals surface area contributed by atoms with E-state index in [1.54, 1.807) is 0 Å². The maximum absolute atomic E-state index is 11.8. The number of nitrogens with zero attached hydrogens (tertiary/aromatic N) is 1. The molecule has 0 amide bonds. The van der Waals surface area contributed by atoms with E-state index in [1.807, 2.05) is 6.92 Å². The molecule has 0 unspecified atom stereocenters. The van der Waals surface area contributed by atoms with Crippen molar-refractivity contribution in [3.05, 3.63) is 0 Å². The third-order valence-corrected chi connectivity index (χ3v) is 2.34. The van der Waals surface area contributed by atoms with Crippen molar-refractivity contribution in [2.45, 2.75) is 39.8 Å². The van der Waals surface area contributed by atoms with E-state index in [0.29, 0.717) is 24.8 Å². The van der Waals surface area contributed by atoms with Crippen LogP contribution in [0.4, 0.5) is 13.2 Å². The van der Waals surface area contributed by atoms with Crippen molar-refractivity contribution in [1.29, 1.82) is 0 Å². The van der Waals surface area contributed by atoms with Gasteiger partial charge in [0.25, 0.3) is 0 Å². The summed E-state index contributed by atoms with van der Waals surface area (Å²) in [6.07, 6.45) is -2.74. The summed E-state index contributed by atoms with van der Waals surface area (Å²) in [6.45, 7) is 7.14. The fourth-order valence-corrected chi connectivity index (χ4v) is 1.37. The second-order valence-electron chi connectivity index (χ2n) is 4.89. The van der Waals surface area contributed by atoms with Crippen LogP contribution < -0.4 is 10.6 Å². The van der Waals surface area contributed by atoms with Crippen molar-refractivity contribution in [3.63, 3.8) is 0 Å². The molecule has 0 atom stereocenters. The Kier molecular flexibility index (Phi) is 14.7. The Labute approximate surface area is 142 Å². The minimum absolute atomic E-state index is 0. The van der Waals surface area contributed by atoms with Gasteiger partial charge in [-0.25, -0.2) is 0 Å². The number of nitrogens with one attached hydrogen (secondary N) is 2. The van der Waals surface area contributed by atoms with Gasteiger partial charge in [-0.1, -0.05) is 13.8 Å². The maximum Gasteiger partial charge on any atom is 0.411 e. The van der Waals surface area contributed by atoms with Gasteiger partial charge in [0, 0.05) is 26.2 Å². The summed E-state index contributed by atoms with van der Waals surface area (Å²) in [6, 6.07) is 0. The second-order valence-corrected chi connectivity index (χ2v) is 4.89. The Balaban J connectivity index is 0. The molecule has 0 aliphatic carbocycles. The predicted molar refractivity (Wildman–Crippen MR) is 90.3 cm³/mol. The molecule has 0 rings (SSSR count). The van der Waals surface area contributed by atoms with E-state index in [-0.39, 0.29) is 30.6 Å². The number of hydrogen-bond acceptors (Lipinski definition) is 2. The van der Waals surface area contributed by atoms with Crippen LogP contribution in [0.25, 0.3) is 0 Å². The van der Waals surface area contributed by atoms with Crippen LogP contribution in [0.5, 0.6) is 0 Å². The van der Waals surface area contributed by atoms with Crippen molar-refractivity contribution < 1.29 is 17.9 Å². The second kappa shape index (κ2) is 13.4. The molecule has 21 heavy (non-hydrogen) atoms. The lowest BCUT2D eigenvalue weighted by atomic mass is 10.1. The largest absolute Gasteiger partial charge is 0.411 e. The van der Waals surface area contributed by atoms with Crippen molar-refractivity contribution in [3.8, 4) is 0 Å². The van der Waals surface area contributed by atoms with E-state index >= 15 is 0 Å². The fourth-order valence-electron chi connectivity index (χ4n) is 1.37. The van der Waals surface area contributed by atoms with Crippen LogP contribution in [0.15, 0.2) is 4.99 Å². The van der Waals surface area contributed by atoms with E-state index in [1.165, 1.54) is 0 Å². The fraction of sp³-hybridized carbons (Fsp3) is 0.923. The van der Waals surface area contributed by atoms with E-state index in [4.69, 9.17) is 0 Å². The van der Waals surface area contributed by atoms with Gasteiger partial charge in [-0.3, -0.25) is 4.99 Å². The Bertz CT molecular complexity index is 274. The van der Waals surface area contributed by atoms with E-state index < -0.39 is 12.8 Å². The van der Waals surface area contributed by atoms with Crippen LogP contribution in [-0.2, 0) is 4.74 Å². The zero-order chi connectivity index (χ0) is 15.4. The monoisotopic (exact) mass is 425 g/mol. The average Bonchev–Trinajstić information content (AvgIpc) is 2.31. The van der Waals surface area contributed by atoms with Gasteiger partial charge in [0.05, 0.1) is 0 Å². The summed E-state index contributed by atoms with van der Waals surface area (Å²) in [5.74, 6) is 1.31. The van der Waals surface area contributed by atoms with E-state index in [9.17, 15) is 13.2 Å². The molecule has 0 aromatic heterocycles. The summed E-state index contributed by atoms with van der Waals surface area (Å²) in [7, 11) is 0. The number of aliphatic imine (C=N–C) groups is 1. The molecule has 0 fully saturated rings. The van der Waals surface area contributed by atoms with E-state index in [2.05, 4.69) is 34.2 Å². The topological polar surface area (TPSA) is 45.7 Å². The lowest BCUT2D eigenvalue weighted by Gasteiger charge is -2.12. The normalized spacial score (nSPS) is 12.2. The van der Waals surface area contributed by atoms with Crippen molar-refractivity contribution >= 4 is 29.9 Å². The first-order valence-corrected chi connectivity index (χ1v) is 7.01. The number of ether oxygens (including phenoxy) is 1. The summed E-state index contributed by atoms with van der Waals surface area (Å²) in [4.78, 5) is 4.28. The third kappa shape index (κ3) is 17.7. The predicted octanol–water partition coefficient (Wildman–Crippen LogP) is 3.17. The lowest BCUT2D eigenvalue weighted by molar-refractivity contribution is -0.173. The molecule has 0 aromatic carbocycles. The van der Waals surface area contributed by atoms with Crippen LogP contribution in [0.3, 0.4) is 0 Å². The molecule has 0 aliphatic rings. The highest BCUT2D eigenvalue weighted by molar-refractivity contribution is 14.0. The van der Waals surface area contributed by atoms with Gasteiger partial charge in [-0.15, -0.1) is 24.0 Å². The number of halogens is 4. The van der Waals surface area contributed by atoms with Crippen LogP contribution in [0, 0.1) is 5.92 Å². The molecule has 8 heteroatoms. The molecule has 2 N–H and O–H groups in total. The Morgan fingerprint density at radius 1 is 1.24 bits per heavy atom. The summed E-state index contributed by atoms with van der Waals surface area (Å²) in [5, 5.41) is 6.27. The van der Waals surface area contributed by atoms with E-state index in [0.717, 1.165) is 19.5 Å².